The fraction of sp³-hybridized carbons (Fsp3) is 0.417. The fourth-order valence-corrected chi connectivity index (χ4v) is 4.43. The van der Waals surface area contributed by atoms with Crippen molar-refractivity contribution in [3.05, 3.63) is 27.2 Å². The van der Waals surface area contributed by atoms with Crippen LogP contribution in [0.15, 0.2) is 21.5 Å². The molecule has 0 bridgehead atoms. The molecule has 2 rings (SSSR count). The van der Waals surface area contributed by atoms with Crippen molar-refractivity contribution in [3.63, 3.8) is 0 Å². The van der Waals surface area contributed by atoms with Crippen LogP contribution in [0.3, 0.4) is 0 Å². The lowest BCUT2D eigenvalue weighted by Crippen LogP contribution is -2.29. The number of rotatable bonds is 4. The van der Waals surface area contributed by atoms with Crippen molar-refractivity contribution in [1.29, 1.82) is 0 Å². The van der Waals surface area contributed by atoms with Gasteiger partial charge in [-0.2, -0.15) is 0 Å². The van der Waals surface area contributed by atoms with Gasteiger partial charge in [0.1, 0.15) is 0 Å². The summed E-state index contributed by atoms with van der Waals surface area (Å²) < 4.78 is 23.2. The molecule has 1 saturated carbocycles. The predicted molar refractivity (Wildman–Crippen MR) is 81.9 cm³/mol. The smallest absolute Gasteiger partial charge is 0.262 e. The maximum absolute atomic E-state index is 12.3. The van der Waals surface area contributed by atoms with Gasteiger partial charge in [0, 0.05) is 28.7 Å². The van der Waals surface area contributed by atoms with Gasteiger partial charge in [-0.1, -0.05) is 11.6 Å². The second-order valence-corrected chi connectivity index (χ2v) is 8.63. The summed E-state index contributed by atoms with van der Waals surface area (Å²) >= 11 is 9.11. The number of benzene rings is 1. The summed E-state index contributed by atoms with van der Waals surface area (Å²) in [5, 5.41) is 0.189. The zero-order valence-corrected chi connectivity index (χ0v) is 14.5. The lowest BCUT2D eigenvalue weighted by molar-refractivity contribution is 0.0788. The van der Waals surface area contributed by atoms with Crippen LogP contribution < -0.4 is 0 Å². The van der Waals surface area contributed by atoms with Gasteiger partial charge in [-0.3, -0.25) is 4.79 Å². The standard InChI is InChI=1S/C12H12BrCl2NO3S/c1-16(6-7-2-3-7)12(17)8-4-11(20(15,18)19)9(13)5-10(8)14/h4-5,7H,2-3,6H2,1H3. The Labute approximate surface area is 135 Å². The molecule has 0 N–H and O–H groups in total. The zero-order valence-electron chi connectivity index (χ0n) is 10.6. The summed E-state index contributed by atoms with van der Waals surface area (Å²) in [6.07, 6.45) is 2.24. The third-order valence-corrected chi connectivity index (χ3v) is 5.68. The number of hydrogen-bond donors (Lipinski definition) is 0. The van der Waals surface area contributed by atoms with E-state index in [9.17, 15) is 13.2 Å². The second-order valence-electron chi connectivity index (χ2n) is 4.83. The minimum atomic E-state index is -3.95. The Morgan fingerprint density at radius 1 is 1.45 bits per heavy atom. The fourth-order valence-electron chi connectivity index (χ4n) is 1.86. The lowest BCUT2D eigenvalue weighted by Gasteiger charge is -2.18. The number of halogens is 3. The first-order chi connectivity index (χ1) is 9.20. The van der Waals surface area contributed by atoms with E-state index in [2.05, 4.69) is 15.9 Å². The third kappa shape index (κ3) is 3.67. The summed E-state index contributed by atoms with van der Waals surface area (Å²) in [7, 11) is 3.07. The minimum Gasteiger partial charge on any atom is -0.341 e. The van der Waals surface area contributed by atoms with Crippen molar-refractivity contribution in [3.8, 4) is 0 Å². The van der Waals surface area contributed by atoms with Crippen molar-refractivity contribution in [1.82, 2.24) is 4.90 Å². The van der Waals surface area contributed by atoms with E-state index in [1.54, 1.807) is 11.9 Å². The molecule has 1 aliphatic rings. The van der Waals surface area contributed by atoms with Crippen LogP contribution in [0.2, 0.25) is 5.02 Å². The zero-order chi connectivity index (χ0) is 15.1. The van der Waals surface area contributed by atoms with E-state index >= 15 is 0 Å². The average Bonchev–Trinajstić information content (AvgIpc) is 3.10. The first kappa shape index (κ1) is 16.1. The highest BCUT2D eigenvalue weighted by Crippen LogP contribution is 2.33. The molecule has 110 valence electrons. The van der Waals surface area contributed by atoms with Crippen molar-refractivity contribution in [2.75, 3.05) is 13.6 Å². The molecule has 0 aromatic heterocycles. The van der Waals surface area contributed by atoms with Gasteiger partial charge >= 0.3 is 0 Å². The number of carbonyl (C=O) groups excluding carboxylic acids is 1. The number of carbonyl (C=O) groups is 1. The Kier molecular flexibility index (Phi) is 4.69. The molecule has 0 radical (unpaired) electrons. The summed E-state index contributed by atoms with van der Waals surface area (Å²) in [4.78, 5) is 13.7. The van der Waals surface area contributed by atoms with E-state index in [0.717, 1.165) is 12.8 Å². The van der Waals surface area contributed by atoms with Crippen LogP contribution in [0, 0.1) is 5.92 Å². The molecular formula is C12H12BrCl2NO3S. The van der Waals surface area contributed by atoms with E-state index in [0.29, 0.717) is 12.5 Å². The van der Waals surface area contributed by atoms with Crippen LogP contribution in [0.25, 0.3) is 0 Å². The molecule has 1 aliphatic carbocycles. The first-order valence-electron chi connectivity index (χ1n) is 5.89. The van der Waals surface area contributed by atoms with Gasteiger partial charge in [-0.25, -0.2) is 8.42 Å². The van der Waals surface area contributed by atoms with Crippen LogP contribution in [0.4, 0.5) is 0 Å². The molecule has 0 unspecified atom stereocenters. The molecule has 20 heavy (non-hydrogen) atoms. The van der Waals surface area contributed by atoms with E-state index in [4.69, 9.17) is 22.3 Å². The summed E-state index contributed by atoms with van der Waals surface area (Å²) in [6.45, 7) is 0.647. The molecule has 0 aliphatic heterocycles. The summed E-state index contributed by atoms with van der Waals surface area (Å²) in [5.74, 6) is 0.227. The van der Waals surface area contributed by atoms with E-state index in [-0.39, 0.29) is 25.9 Å². The lowest BCUT2D eigenvalue weighted by atomic mass is 10.2. The highest BCUT2D eigenvalue weighted by molar-refractivity contribution is 9.10. The van der Waals surface area contributed by atoms with Gasteiger partial charge in [-0.15, -0.1) is 0 Å². The summed E-state index contributed by atoms with van der Waals surface area (Å²) in [5.41, 5.74) is 0.136. The van der Waals surface area contributed by atoms with Gasteiger partial charge in [0.2, 0.25) is 0 Å². The Bertz CT molecular complexity index is 659. The number of nitrogens with zero attached hydrogens (tertiary/aromatic N) is 1. The third-order valence-electron chi connectivity index (χ3n) is 3.09. The van der Waals surface area contributed by atoms with Crippen LogP contribution in [-0.2, 0) is 9.05 Å². The van der Waals surface area contributed by atoms with Gasteiger partial charge in [0.15, 0.2) is 0 Å². The SMILES string of the molecule is CN(CC1CC1)C(=O)c1cc(S(=O)(=O)Cl)c(Br)cc1Cl. The molecule has 1 aromatic carbocycles. The Balaban J connectivity index is 2.37. The molecule has 8 heteroatoms. The molecule has 0 saturated heterocycles. The van der Waals surface area contributed by atoms with Crippen LogP contribution in [0.5, 0.6) is 0 Å². The molecule has 0 heterocycles. The van der Waals surface area contributed by atoms with Crippen molar-refractivity contribution < 1.29 is 13.2 Å². The van der Waals surface area contributed by atoms with E-state index < -0.39 is 9.05 Å². The van der Waals surface area contributed by atoms with Gasteiger partial charge in [0.25, 0.3) is 15.0 Å². The maximum atomic E-state index is 12.3. The van der Waals surface area contributed by atoms with Gasteiger partial charge < -0.3 is 4.90 Å². The molecule has 1 amide bonds. The topological polar surface area (TPSA) is 54.5 Å². The monoisotopic (exact) mass is 399 g/mol. The maximum Gasteiger partial charge on any atom is 0.262 e. The largest absolute Gasteiger partial charge is 0.341 e. The van der Waals surface area contributed by atoms with Gasteiger partial charge in [0.05, 0.1) is 15.5 Å². The van der Waals surface area contributed by atoms with Crippen LogP contribution in [-0.4, -0.2) is 32.8 Å². The minimum absolute atomic E-state index is 0.136. The average molecular weight is 401 g/mol. The predicted octanol–water partition coefficient (Wildman–Crippen LogP) is 3.51. The number of amides is 1. The molecule has 0 atom stereocenters. The Morgan fingerprint density at radius 2 is 2.05 bits per heavy atom. The van der Waals surface area contributed by atoms with E-state index in [1.807, 2.05) is 0 Å². The van der Waals surface area contributed by atoms with Gasteiger partial charge in [-0.05, 0) is 46.8 Å². The second kappa shape index (κ2) is 5.83. The normalized spacial score (nSPS) is 15.2. The Hall–Kier alpha value is -0.300. The quantitative estimate of drug-likeness (QED) is 0.726. The highest BCUT2D eigenvalue weighted by Gasteiger charge is 2.27. The molecule has 4 nitrogen and oxygen atoms in total. The summed E-state index contributed by atoms with van der Waals surface area (Å²) in [6, 6.07) is 2.58. The van der Waals surface area contributed by atoms with Crippen molar-refractivity contribution in [2.24, 2.45) is 5.92 Å². The number of hydrogen-bond acceptors (Lipinski definition) is 3. The van der Waals surface area contributed by atoms with E-state index in [1.165, 1.54) is 12.1 Å². The molecule has 1 fully saturated rings. The first-order valence-corrected chi connectivity index (χ1v) is 9.37. The van der Waals surface area contributed by atoms with Crippen molar-refractivity contribution in [2.45, 2.75) is 17.7 Å². The molecule has 1 aromatic rings. The van der Waals surface area contributed by atoms with Crippen molar-refractivity contribution >= 4 is 53.2 Å². The van der Waals surface area contributed by atoms with Crippen LogP contribution >= 0.6 is 38.2 Å². The van der Waals surface area contributed by atoms with Crippen LogP contribution in [0.1, 0.15) is 23.2 Å². The molecular weight excluding hydrogens is 389 g/mol. The highest BCUT2D eigenvalue weighted by atomic mass is 79.9. The Morgan fingerprint density at radius 3 is 2.55 bits per heavy atom. The molecule has 0 spiro atoms.